The molecule has 40 heavy (non-hydrogen) atoms. The first-order chi connectivity index (χ1) is 19.1. The van der Waals surface area contributed by atoms with Crippen molar-refractivity contribution in [3.63, 3.8) is 0 Å². The fourth-order valence-corrected chi connectivity index (χ4v) is 3.68. The summed E-state index contributed by atoms with van der Waals surface area (Å²) in [6.07, 6.45) is 1.11. The molecule has 0 saturated carbocycles. The number of halogens is 3. The molecule has 2 aromatic heterocycles. The zero-order valence-electron chi connectivity index (χ0n) is 21.4. The number of aromatic amines is 1. The van der Waals surface area contributed by atoms with Gasteiger partial charge in [-0.25, -0.2) is 24.1 Å². The molecule has 0 aliphatic heterocycles. The number of alkyl halides is 2. The van der Waals surface area contributed by atoms with E-state index in [4.69, 9.17) is 16.3 Å². The normalized spacial score (nSPS) is 12.4. The number of pyridine rings is 1. The van der Waals surface area contributed by atoms with Crippen molar-refractivity contribution in [1.29, 1.82) is 0 Å². The third-order valence-corrected chi connectivity index (χ3v) is 6.07. The van der Waals surface area contributed by atoms with Gasteiger partial charge in [-0.2, -0.15) is 8.78 Å². The molecule has 4 rings (SSSR count). The van der Waals surface area contributed by atoms with Gasteiger partial charge in [0, 0.05) is 23.6 Å². The highest BCUT2D eigenvalue weighted by atomic mass is 35.5. The minimum absolute atomic E-state index is 0.00151. The van der Waals surface area contributed by atoms with E-state index in [1.807, 2.05) is 0 Å². The van der Waals surface area contributed by atoms with Crippen LogP contribution >= 0.6 is 11.6 Å². The van der Waals surface area contributed by atoms with E-state index in [1.54, 1.807) is 55.5 Å². The fourth-order valence-electron chi connectivity index (χ4n) is 3.55. The molecule has 0 unspecified atom stereocenters. The average molecular weight is 572 g/mol. The Bertz CT molecular complexity index is 1660. The van der Waals surface area contributed by atoms with Gasteiger partial charge in [0.25, 0.3) is 0 Å². The molecule has 1 N–H and O–H groups in total. The number of Topliss-reactive ketones (excluding diaryl/α,β-unsaturated/α-hetero) is 1. The maximum absolute atomic E-state index is 13.4. The van der Waals surface area contributed by atoms with Crippen molar-refractivity contribution >= 4 is 23.1 Å². The van der Waals surface area contributed by atoms with Crippen LogP contribution in [0.3, 0.4) is 0 Å². The molecule has 13 heteroatoms. The van der Waals surface area contributed by atoms with Crippen LogP contribution in [0.5, 0.6) is 17.4 Å². The number of ether oxygens (including phenoxy) is 2. The summed E-state index contributed by atoms with van der Waals surface area (Å²) in [6.45, 7) is 0.0789. The summed E-state index contributed by atoms with van der Waals surface area (Å²) in [6, 6.07) is 15.9. The van der Waals surface area contributed by atoms with E-state index in [-0.39, 0.29) is 36.1 Å². The predicted molar refractivity (Wildman–Crippen MR) is 142 cm³/mol. The molecular formula is C27H24ClF2N5O5. The number of carbonyl (C=O) groups is 1. The lowest BCUT2D eigenvalue weighted by atomic mass is 10.1. The van der Waals surface area contributed by atoms with Crippen LogP contribution in [0.4, 0.5) is 14.5 Å². The Morgan fingerprint density at radius 3 is 2.30 bits per heavy atom. The zero-order valence-corrected chi connectivity index (χ0v) is 22.1. The van der Waals surface area contributed by atoms with Crippen molar-refractivity contribution in [1.82, 2.24) is 19.1 Å². The van der Waals surface area contributed by atoms with Gasteiger partial charge in [0.05, 0.1) is 18.4 Å². The molecule has 2 heterocycles. The molecule has 0 aliphatic carbocycles. The second kappa shape index (κ2) is 12.5. The van der Waals surface area contributed by atoms with Gasteiger partial charge in [0.15, 0.2) is 0 Å². The first-order valence-electron chi connectivity index (χ1n) is 12.0. The van der Waals surface area contributed by atoms with E-state index in [0.29, 0.717) is 16.5 Å². The van der Waals surface area contributed by atoms with Crippen molar-refractivity contribution in [3.05, 3.63) is 104 Å². The second-order valence-electron chi connectivity index (χ2n) is 8.79. The lowest BCUT2D eigenvalue weighted by Crippen LogP contribution is -2.51. The number of ketones is 1. The van der Waals surface area contributed by atoms with E-state index in [2.05, 4.69) is 19.7 Å². The summed E-state index contributed by atoms with van der Waals surface area (Å²) in [7, 11) is 0. The maximum atomic E-state index is 13.4. The van der Waals surface area contributed by atoms with Crippen molar-refractivity contribution < 1.29 is 23.0 Å². The SMILES string of the molecule is CC(=O)[C@@H](C)Cn1c(=O)[nH]/c(=N\c2ccc(Oc3ccc(OC(F)F)cn3)cc2)n(Cc2ccc(Cl)cc2)c1=O. The number of hydrogen-bond donors (Lipinski definition) is 1. The third kappa shape index (κ3) is 7.29. The molecule has 0 radical (unpaired) electrons. The van der Waals surface area contributed by atoms with Crippen molar-refractivity contribution in [3.8, 4) is 17.4 Å². The Balaban J connectivity index is 1.66. The lowest BCUT2D eigenvalue weighted by Gasteiger charge is -2.13. The summed E-state index contributed by atoms with van der Waals surface area (Å²) in [5, 5.41) is 0.530. The molecule has 0 saturated heterocycles. The molecule has 10 nitrogen and oxygen atoms in total. The topological polar surface area (TPSA) is 121 Å². The molecule has 0 spiro atoms. The van der Waals surface area contributed by atoms with Crippen LogP contribution in [0.2, 0.25) is 5.02 Å². The van der Waals surface area contributed by atoms with Crippen LogP contribution in [0.15, 0.2) is 81.4 Å². The number of H-pyrrole nitrogens is 1. The highest BCUT2D eigenvalue weighted by Crippen LogP contribution is 2.24. The van der Waals surface area contributed by atoms with Crippen molar-refractivity contribution in [2.45, 2.75) is 33.5 Å². The molecule has 1 atom stereocenters. The van der Waals surface area contributed by atoms with Gasteiger partial charge in [0.1, 0.15) is 17.3 Å². The van der Waals surface area contributed by atoms with Crippen LogP contribution in [-0.2, 0) is 17.9 Å². The smallest absolute Gasteiger partial charge is 0.387 e. The summed E-state index contributed by atoms with van der Waals surface area (Å²) in [5.74, 6) is -0.264. The van der Waals surface area contributed by atoms with Crippen molar-refractivity contribution in [2.75, 3.05) is 0 Å². The highest BCUT2D eigenvalue weighted by Gasteiger charge is 2.15. The number of nitrogens with zero attached hydrogens (tertiary/aromatic N) is 4. The molecule has 0 aliphatic rings. The Kier molecular flexibility index (Phi) is 8.90. The number of nitrogens with one attached hydrogen (secondary N) is 1. The van der Waals surface area contributed by atoms with Gasteiger partial charge < -0.3 is 9.47 Å². The van der Waals surface area contributed by atoms with Crippen LogP contribution in [-0.4, -0.2) is 31.5 Å². The van der Waals surface area contributed by atoms with Gasteiger partial charge in [-0.15, -0.1) is 0 Å². The van der Waals surface area contributed by atoms with Gasteiger partial charge in [0.2, 0.25) is 11.5 Å². The molecule has 0 amide bonds. The molecule has 4 aromatic rings. The first-order valence-corrected chi connectivity index (χ1v) is 12.4. The molecular weight excluding hydrogens is 548 g/mol. The summed E-state index contributed by atoms with van der Waals surface area (Å²) in [5.41, 5.74) is -0.190. The largest absolute Gasteiger partial charge is 0.439 e. The van der Waals surface area contributed by atoms with Gasteiger partial charge in [-0.3, -0.25) is 14.3 Å². The summed E-state index contributed by atoms with van der Waals surface area (Å²) >= 11 is 5.99. The van der Waals surface area contributed by atoms with E-state index in [0.717, 1.165) is 16.3 Å². The van der Waals surface area contributed by atoms with E-state index in [9.17, 15) is 23.2 Å². The molecule has 0 bridgehead atoms. The van der Waals surface area contributed by atoms with Gasteiger partial charge in [-0.1, -0.05) is 30.7 Å². The third-order valence-electron chi connectivity index (χ3n) is 5.81. The minimum atomic E-state index is -2.96. The van der Waals surface area contributed by atoms with Crippen molar-refractivity contribution in [2.24, 2.45) is 10.9 Å². The predicted octanol–water partition coefficient (Wildman–Crippen LogP) is 4.29. The van der Waals surface area contributed by atoms with Crippen LogP contribution in [0, 0.1) is 5.92 Å². The van der Waals surface area contributed by atoms with Gasteiger partial charge >= 0.3 is 18.0 Å². The summed E-state index contributed by atoms with van der Waals surface area (Å²) < 4.78 is 36.8. The Morgan fingerprint density at radius 1 is 1.02 bits per heavy atom. The zero-order chi connectivity index (χ0) is 28.8. The van der Waals surface area contributed by atoms with Crippen LogP contribution < -0.4 is 26.5 Å². The number of rotatable bonds is 10. The summed E-state index contributed by atoms with van der Waals surface area (Å²) in [4.78, 5) is 49.0. The molecule has 2 aromatic carbocycles. The lowest BCUT2D eigenvalue weighted by molar-refractivity contribution is -0.120. The van der Waals surface area contributed by atoms with Crippen LogP contribution in [0.25, 0.3) is 0 Å². The van der Waals surface area contributed by atoms with Crippen LogP contribution in [0.1, 0.15) is 19.4 Å². The van der Waals surface area contributed by atoms with E-state index >= 15 is 0 Å². The maximum Gasteiger partial charge on any atom is 0.387 e. The number of hydrogen-bond acceptors (Lipinski definition) is 7. The molecule has 0 fully saturated rings. The Morgan fingerprint density at radius 2 is 1.70 bits per heavy atom. The average Bonchev–Trinajstić information content (AvgIpc) is 2.91. The Labute approximate surface area is 231 Å². The van der Waals surface area contributed by atoms with E-state index < -0.39 is 23.9 Å². The molecule has 208 valence electrons. The number of carbonyl (C=O) groups excluding carboxylic acids is 1. The first kappa shape index (κ1) is 28.4. The number of aromatic nitrogens is 4. The monoisotopic (exact) mass is 571 g/mol. The second-order valence-corrected chi connectivity index (χ2v) is 9.23. The van der Waals surface area contributed by atoms with Gasteiger partial charge in [-0.05, 0) is 55.0 Å². The minimum Gasteiger partial charge on any atom is -0.439 e. The highest BCUT2D eigenvalue weighted by molar-refractivity contribution is 6.30. The number of benzene rings is 2. The fraction of sp³-hybridized carbons (Fsp3) is 0.222. The standard InChI is InChI=1S/C27H24ClF2N5O5/c1-16(17(2)36)14-35-26(37)33-25(34(27(35)38)15-18-3-5-19(28)6-4-18)32-20-7-9-21(10-8-20)39-23-12-11-22(13-31-23)40-24(29)30/h3-13,16,24H,14-15H2,1-2H3,(H,32,33,37)/t16-/m0/s1. The van der Waals surface area contributed by atoms with E-state index in [1.165, 1.54) is 23.6 Å². The Hall–Kier alpha value is -4.58. The quantitative estimate of drug-likeness (QED) is 0.303.